The van der Waals surface area contributed by atoms with Crippen LogP contribution in [0.15, 0.2) is 72.9 Å². The van der Waals surface area contributed by atoms with Gasteiger partial charge in [0.1, 0.15) is 13.2 Å². The van der Waals surface area contributed by atoms with Crippen molar-refractivity contribution in [2.45, 2.75) is 13.8 Å². The van der Waals surface area contributed by atoms with Gasteiger partial charge in [0.2, 0.25) is 0 Å². The molecule has 0 radical (unpaired) electrons. The standard InChI is InChI=1S/C20H22O4/c1-3-5-7-11-15-23-19(21)17-13-9-10-14-18(17)20(22)24-16-12-8-6-4-2/h3-14H,15-16H2,1-2H3/b5-3+,6-4+,11-7+,12-8+. The maximum Gasteiger partial charge on any atom is 0.339 e. The van der Waals surface area contributed by atoms with Gasteiger partial charge in [0.25, 0.3) is 0 Å². The molecule has 0 N–H and O–H groups in total. The average Bonchev–Trinajstić information content (AvgIpc) is 2.61. The summed E-state index contributed by atoms with van der Waals surface area (Å²) >= 11 is 0. The second-order valence-corrected chi connectivity index (χ2v) is 4.65. The smallest absolute Gasteiger partial charge is 0.339 e. The van der Waals surface area contributed by atoms with E-state index in [1.54, 1.807) is 48.6 Å². The number of rotatable bonds is 8. The molecule has 0 aliphatic rings. The molecule has 1 aromatic carbocycles. The lowest BCUT2D eigenvalue weighted by Crippen LogP contribution is -2.14. The third kappa shape index (κ3) is 6.92. The minimum atomic E-state index is -0.558. The van der Waals surface area contributed by atoms with E-state index < -0.39 is 11.9 Å². The summed E-state index contributed by atoms with van der Waals surface area (Å²) in [5.74, 6) is -1.12. The van der Waals surface area contributed by atoms with Crippen LogP contribution in [-0.2, 0) is 9.47 Å². The van der Waals surface area contributed by atoms with Crippen LogP contribution >= 0.6 is 0 Å². The first kappa shape index (κ1) is 19.2. The molecule has 4 nitrogen and oxygen atoms in total. The van der Waals surface area contributed by atoms with Gasteiger partial charge in [-0.1, -0.05) is 48.6 Å². The topological polar surface area (TPSA) is 52.6 Å². The normalized spacial score (nSPS) is 11.8. The quantitative estimate of drug-likeness (QED) is 0.529. The molecular formula is C20H22O4. The Morgan fingerprint density at radius 2 is 1.21 bits per heavy atom. The number of carbonyl (C=O) groups is 2. The number of hydrogen-bond donors (Lipinski definition) is 0. The summed E-state index contributed by atoms with van der Waals surface area (Å²) in [5, 5.41) is 0. The van der Waals surface area contributed by atoms with E-state index >= 15 is 0 Å². The summed E-state index contributed by atoms with van der Waals surface area (Å²) in [6, 6.07) is 6.44. The fourth-order valence-corrected chi connectivity index (χ4v) is 1.73. The molecule has 0 aliphatic heterocycles. The third-order valence-electron chi connectivity index (χ3n) is 2.87. The second-order valence-electron chi connectivity index (χ2n) is 4.65. The monoisotopic (exact) mass is 326 g/mol. The molecule has 1 rings (SSSR count). The molecule has 0 spiro atoms. The van der Waals surface area contributed by atoms with Crippen LogP contribution in [0.1, 0.15) is 34.6 Å². The zero-order chi connectivity index (χ0) is 17.6. The van der Waals surface area contributed by atoms with Crippen molar-refractivity contribution in [3.8, 4) is 0 Å². The van der Waals surface area contributed by atoms with Gasteiger partial charge in [-0.15, -0.1) is 0 Å². The zero-order valence-corrected chi connectivity index (χ0v) is 14.0. The van der Waals surface area contributed by atoms with Crippen LogP contribution in [0.4, 0.5) is 0 Å². The SMILES string of the molecule is C/C=C/C=C/COC(=O)c1ccccc1C(=O)OC/C=C/C=C/C. The number of hydrogen-bond acceptors (Lipinski definition) is 4. The van der Waals surface area contributed by atoms with Crippen molar-refractivity contribution in [3.63, 3.8) is 0 Å². The summed E-state index contributed by atoms with van der Waals surface area (Å²) in [7, 11) is 0. The Morgan fingerprint density at radius 3 is 1.58 bits per heavy atom. The largest absolute Gasteiger partial charge is 0.458 e. The Morgan fingerprint density at radius 1 is 0.792 bits per heavy atom. The molecule has 126 valence electrons. The van der Waals surface area contributed by atoms with Crippen LogP contribution in [0.5, 0.6) is 0 Å². The minimum absolute atomic E-state index is 0.138. The Balaban J connectivity index is 2.69. The highest BCUT2D eigenvalue weighted by Gasteiger charge is 2.18. The summed E-state index contributed by atoms with van der Waals surface area (Å²) in [4.78, 5) is 24.2. The fraction of sp³-hybridized carbons (Fsp3) is 0.200. The molecule has 0 unspecified atom stereocenters. The van der Waals surface area contributed by atoms with E-state index in [9.17, 15) is 9.59 Å². The van der Waals surface area contributed by atoms with Gasteiger partial charge >= 0.3 is 11.9 Å². The number of esters is 2. The van der Waals surface area contributed by atoms with E-state index in [2.05, 4.69) is 0 Å². The summed E-state index contributed by atoms with van der Waals surface area (Å²) < 4.78 is 10.3. The molecule has 0 bridgehead atoms. The summed E-state index contributed by atoms with van der Waals surface area (Å²) in [5.41, 5.74) is 0.388. The Labute approximate surface area is 142 Å². The van der Waals surface area contributed by atoms with Crippen molar-refractivity contribution in [3.05, 3.63) is 84.0 Å². The lowest BCUT2D eigenvalue weighted by atomic mass is 10.1. The lowest BCUT2D eigenvalue weighted by molar-refractivity contribution is 0.0503. The first-order chi connectivity index (χ1) is 11.7. The summed E-state index contributed by atoms with van der Waals surface area (Å²) in [6.45, 7) is 4.06. The van der Waals surface area contributed by atoms with Crippen molar-refractivity contribution in [2.75, 3.05) is 13.2 Å². The predicted molar refractivity (Wildman–Crippen MR) is 94.9 cm³/mol. The molecule has 1 aromatic rings. The van der Waals surface area contributed by atoms with Crippen LogP contribution in [0.3, 0.4) is 0 Å². The highest BCUT2D eigenvalue weighted by Crippen LogP contribution is 2.12. The van der Waals surface area contributed by atoms with Crippen LogP contribution in [0.25, 0.3) is 0 Å². The fourth-order valence-electron chi connectivity index (χ4n) is 1.73. The van der Waals surface area contributed by atoms with Crippen molar-refractivity contribution in [2.24, 2.45) is 0 Å². The van der Waals surface area contributed by atoms with Gasteiger partial charge in [0.15, 0.2) is 0 Å². The Hall–Kier alpha value is -2.88. The van der Waals surface area contributed by atoms with Gasteiger partial charge in [0.05, 0.1) is 11.1 Å². The zero-order valence-electron chi connectivity index (χ0n) is 14.0. The van der Waals surface area contributed by atoms with Gasteiger partial charge < -0.3 is 9.47 Å². The van der Waals surface area contributed by atoms with Crippen LogP contribution in [-0.4, -0.2) is 25.2 Å². The third-order valence-corrected chi connectivity index (χ3v) is 2.87. The molecule has 0 amide bonds. The van der Waals surface area contributed by atoms with Gasteiger partial charge in [-0.2, -0.15) is 0 Å². The molecule has 0 fully saturated rings. The van der Waals surface area contributed by atoms with Crippen molar-refractivity contribution in [1.82, 2.24) is 0 Å². The average molecular weight is 326 g/mol. The lowest BCUT2D eigenvalue weighted by Gasteiger charge is -2.08. The number of carbonyl (C=O) groups excluding carboxylic acids is 2. The molecule has 4 heteroatoms. The van der Waals surface area contributed by atoms with E-state index in [0.717, 1.165) is 0 Å². The first-order valence-corrected chi connectivity index (χ1v) is 7.69. The van der Waals surface area contributed by atoms with Gasteiger partial charge in [-0.05, 0) is 38.1 Å². The van der Waals surface area contributed by atoms with E-state index in [-0.39, 0.29) is 24.3 Å². The molecule has 24 heavy (non-hydrogen) atoms. The maximum atomic E-state index is 12.1. The minimum Gasteiger partial charge on any atom is -0.458 e. The Bertz CT molecular complexity index is 594. The maximum absolute atomic E-state index is 12.1. The molecule has 0 saturated carbocycles. The van der Waals surface area contributed by atoms with E-state index in [4.69, 9.17) is 9.47 Å². The number of ether oxygens (including phenoxy) is 2. The van der Waals surface area contributed by atoms with Gasteiger partial charge in [-0.3, -0.25) is 0 Å². The highest BCUT2D eigenvalue weighted by atomic mass is 16.5. The molecule has 0 aliphatic carbocycles. The molecule has 0 atom stereocenters. The highest BCUT2D eigenvalue weighted by molar-refractivity contribution is 6.03. The second kappa shape index (κ2) is 11.7. The molecule has 0 saturated heterocycles. The molecule has 0 aromatic heterocycles. The molecule has 0 heterocycles. The summed E-state index contributed by atoms with van der Waals surface area (Å²) in [6.07, 6.45) is 14.4. The van der Waals surface area contributed by atoms with Crippen molar-refractivity contribution < 1.29 is 19.1 Å². The van der Waals surface area contributed by atoms with Gasteiger partial charge in [0, 0.05) is 0 Å². The van der Waals surface area contributed by atoms with E-state index in [0.29, 0.717) is 0 Å². The van der Waals surface area contributed by atoms with E-state index in [1.807, 2.05) is 38.2 Å². The number of allylic oxidation sites excluding steroid dienone is 6. The predicted octanol–water partition coefficient (Wildman–Crippen LogP) is 4.26. The van der Waals surface area contributed by atoms with Crippen LogP contribution in [0, 0.1) is 0 Å². The first-order valence-electron chi connectivity index (χ1n) is 7.69. The van der Waals surface area contributed by atoms with Gasteiger partial charge in [-0.25, -0.2) is 9.59 Å². The van der Waals surface area contributed by atoms with E-state index in [1.165, 1.54) is 0 Å². The van der Waals surface area contributed by atoms with Crippen molar-refractivity contribution >= 4 is 11.9 Å². The molecular weight excluding hydrogens is 304 g/mol. The van der Waals surface area contributed by atoms with Crippen LogP contribution in [0.2, 0.25) is 0 Å². The van der Waals surface area contributed by atoms with Crippen LogP contribution < -0.4 is 0 Å². The van der Waals surface area contributed by atoms with Crippen molar-refractivity contribution in [1.29, 1.82) is 0 Å². The number of benzene rings is 1. The Kier molecular flexibility index (Phi) is 9.31.